The highest BCUT2D eigenvalue weighted by Crippen LogP contribution is 2.17. The molecule has 0 aliphatic carbocycles. The van der Waals surface area contributed by atoms with E-state index in [9.17, 15) is 14.4 Å². The van der Waals surface area contributed by atoms with Gasteiger partial charge >= 0.3 is 5.97 Å². The minimum Gasteiger partial charge on any atom is -0.481 e. The van der Waals surface area contributed by atoms with E-state index in [0.29, 0.717) is 0 Å². The first kappa shape index (κ1) is 18.5. The summed E-state index contributed by atoms with van der Waals surface area (Å²) in [5.41, 5.74) is 11.0. The Morgan fingerprint density at radius 1 is 1.29 bits per heavy atom. The van der Waals surface area contributed by atoms with Gasteiger partial charge in [0.1, 0.15) is 6.04 Å². The minimum absolute atomic E-state index is 0.178. The Morgan fingerprint density at radius 3 is 2.54 bits per heavy atom. The summed E-state index contributed by atoms with van der Waals surface area (Å²) in [6.45, 7) is -0.382. The van der Waals surface area contributed by atoms with Crippen LogP contribution in [0.25, 0.3) is 0 Å². The van der Waals surface area contributed by atoms with Crippen LogP contribution in [0, 0.1) is 12.3 Å². The van der Waals surface area contributed by atoms with Crippen LogP contribution >= 0.6 is 0 Å². The van der Waals surface area contributed by atoms with E-state index in [0.717, 1.165) is 0 Å². The van der Waals surface area contributed by atoms with Crippen LogP contribution in [0.5, 0.6) is 0 Å². The molecule has 7 N–H and O–H groups in total. The zero-order valence-electron chi connectivity index (χ0n) is 12.7. The third-order valence-corrected chi connectivity index (χ3v) is 2.72. The molecule has 1 atom stereocenters. The first-order chi connectivity index (χ1) is 11.3. The molecule has 0 heterocycles. The number of nitrogens with zero attached hydrogens (tertiary/aromatic N) is 1. The zero-order valence-corrected chi connectivity index (χ0v) is 12.7. The molecule has 126 valence electrons. The van der Waals surface area contributed by atoms with Crippen LogP contribution < -0.4 is 22.1 Å². The highest BCUT2D eigenvalue weighted by molar-refractivity contribution is 6.01. The van der Waals surface area contributed by atoms with Gasteiger partial charge in [-0.25, -0.2) is 4.99 Å². The summed E-state index contributed by atoms with van der Waals surface area (Å²) >= 11 is 0. The van der Waals surface area contributed by atoms with E-state index in [1.54, 1.807) is 12.1 Å². The number of carbonyl (C=O) groups is 3. The van der Waals surface area contributed by atoms with Crippen molar-refractivity contribution in [2.75, 3.05) is 6.54 Å². The number of nitrogens with one attached hydrogen (secondary N) is 2. The van der Waals surface area contributed by atoms with Crippen LogP contribution in [0.2, 0.25) is 0 Å². The molecule has 1 aromatic carbocycles. The van der Waals surface area contributed by atoms with E-state index in [-0.39, 0.29) is 23.8 Å². The number of hydrogen-bond donors (Lipinski definition) is 5. The third kappa shape index (κ3) is 6.07. The summed E-state index contributed by atoms with van der Waals surface area (Å²) in [5, 5.41) is 13.3. The van der Waals surface area contributed by atoms with Gasteiger partial charge in [-0.05, 0) is 12.1 Å². The van der Waals surface area contributed by atoms with Crippen LogP contribution in [0.15, 0.2) is 29.3 Å². The maximum absolute atomic E-state index is 12.1. The highest BCUT2D eigenvalue weighted by atomic mass is 16.4. The van der Waals surface area contributed by atoms with E-state index in [1.165, 1.54) is 12.1 Å². The van der Waals surface area contributed by atoms with Crippen molar-refractivity contribution in [2.24, 2.45) is 16.5 Å². The van der Waals surface area contributed by atoms with Crippen molar-refractivity contribution in [3.05, 3.63) is 29.8 Å². The maximum atomic E-state index is 12.1. The second kappa shape index (κ2) is 8.79. The zero-order chi connectivity index (χ0) is 18.1. The highest BCUT2D eigenvalue weighted by Gasteiger charge is 2.15. The Bertz CT molecular complexity index is 704. The number of hydrogen-bond acceptors (Lipinski definition) is 4. The number of aliphatic carboxylic acids is 1. The SMILES string of the molecule is C#C[C@H](CC(=O)O)NC(=O)CNC(=O)c1ccccc1N=C(N)N. The fourth-order valence-corrected chi connectivity index (χ4v) is 1.73. The number of carbonyl (C=O) groups excluding carboxylic acids is 2. The van der Waals surface area contributed by atoms with Gasteiger partial charge in [-0.2, -0.15) is 0 Å². The van der Waals surface area contributed by atoms with E-state index in [4.69, 9.17) is 23.0 Å². The van der Waals surface area contributed by atoms with Crippen LogP contribution in [-0.4, -0.2) is 41.4 Å². The Labute approximate surface area is 138 Å². The lowest BCUT2D eigenvalue weighted by Crippen LogP contribution is -2.42. The average molecular weight is 331 g/mol. The molecule has 0 aliphatic rings. The van der Waals surface area contributed by atoms with Gasteiger partial charge < -0.3 is 27.2 Å². The van der Waals surface area contributed by atoms with Crippen LogP contribution in [0.4, 0.5) is 5.69 Å². The molecule has 0 unspecified atom stereocenters. The summed E-state index contributed by atoms with van der Waals surface area (Å²) in [5.74, 6) is -0.398. The molecule has 0 aliphatic heterocycles. The standard InChI is InChI=1S/C15H17N5O4/c1-2-9(7-13(22)23)19-12(21)8-18-14(24)10-5-3-4-6-11(10)20-15(16)17/h1,3-6,9H,7-8H2,(H,18,24)(H,19,21)(H,22,23)(H4,16,17,20)/t9-/m1/s1. The number of para-hydroxylation sites is 1. The lowest BCUT2D eigenvalue weighted by Gasteiger charge is -2.12. The van der Waals surface area contributed by atoms with E-state index in [2.05, 4.69) is 21.5 Å². The second-order valence-electron chi connectivity index (χ2n) is 4.62. The third-order valence-electron chi connectivity index (χ3n) is 2.72. The van der Waals surface area contributed by atoms with E-state index < -0.39 is 30.2 Å². The van der Waals surface area contributed by atoms with Crippen molar-refractivity contribution >= 4 is 29.4 Å². The van der Waals surface area contributed by atoms with E-state index >= 15 is 0 Å². The first-order valence-electron chi connectivity index (χ1n) is 6.77. The number of carboxylic acid groups (broad SMARTS) is 1. The molecule has 1 aromatic rings. The number of benzene rings is 1. The van der Waals surface area contributed by atoms with Crippen molar-refractivity contribution in [1.29, 1.82) is 0 Å². The van der Waals surface area contributed by atoms with Gasteiger partial charge in [-0.3, -0.25) is 14.4 Å². The number of aliphatic imine (C=N–C) groups is 1. The summed E-state index contributed by atoms with van der Waals surface area (Å²) < 4.78 is 0. The number of carboxylic acids is 1. The molecule has 1 rings (SSSR count). The molecule has 0 spiro atoms. The summed E-state index contributed by atoms with van der Waals surface area (Å²) in [7, 11) is 0. The summed E-state index contributed by atoms with van der Waals surface area (Å²) in [4.78, 5) is 38.2. The number of nitrogens with two attached hydrogens (primary N) is 2. The van der Waals surface area contributed by atoms with Gasteiger partial charge in [0.15, 0.2) is 5.96 Å². The largest absolute Gasteiger partial charge is 0.481 e. The molecule has 24 heavy (non-hydrogen) atoms. The van der Waals surface area contributed by atoms with Gasteiger partial charge in [0.2, 0.25) is 5.91 Å². The van der Waals surface area contributed by atoms with Crippen molar-refractivity contribution in [3.63, 3.8) is 0 Å². The molecular formula is C15H17N5O4. The van der Waals surface area contributed by atoms with Crippen molar-refractivity contribution in [1.82, 2.24) is 10.6 Å². The molecule has 0 bridgehead atoms. The van der Waals surface area contributed by atoms with Gasteiger partial charge in [0.05, 0.1) is 24.2 Å². The molecule has 0 radical (unpaired) electrons. The fourth-order valence-electron chi connectivity index (χ4n) is 1.73. The van der Waals surface area contributed by atoms with Crippen LogP contribution in [0.3, 0.4) is 0 Å². The lowest BCUT2D eigenvalue weighted by molar-refractivity contribution is -0.137. The molecule has 9 nitrogen and oxygen atoms in total. The summed E-state index contributed by atoms with van der Waals surface area (Å²) in [6.07, 6.45) is 4.72. The molecule has 2 amide bonds. The lowest BCUT2D eigenvalue weighted by atomic mass is 10.1. The van der Waals surface area contributed by atoms with Crippen LogP contribution in [0.1, 0.15) is 16.8 Å². The molecule has 9 heteroatoms. The number of guanidine groups is 1. The maximum Gasteiger partial charge on any atom is 0.306 e. The molecule has 0 aromatic heterocycles. The fraction of sp³-hybridized carbons (Fsp3) is 0.200. The molecule has 0 fully saturated rings. The van der Waals surface area contributed by atoms with E-state index in [1.807, 2.05) is 0 Å². The second-order valence-corrected chi connectivity index (χ2v) is 4.62. The summed E-state index contributed by atoms with van der Waals surface area (Å²) in [6, 6.07) is 5.33. The predicted octanol–water partition coefficient (Wildman–Crippen LogP) is -1.09. The number of terminal acetylenes is 1. The Kier molecular flexibility index (Phi) is 6.78. The normalized spacial score (nSPS) is 10.8. The Balaban J connectivity index is 2.67. The number of amides is 2. The van der Waals surface area contributed by atoms with Crippen molar-refractivity contribution < 1.29 is 19.5 Å². The van der Waals surface area contributed by atoms with Crippen LogP contribution in [-0.2, 0) is 9.59 Å². The number of rotatable bonds is 7. The minimum atomic E-state index is -1.14. The molecular weight excluding hydrogens is 314 g/mol. The smallest absolute Gasteiger partial charge is 0.306 e. The Hall–Kier alpha value is -3.54. The van der Waals surface area contributed by atoms with Crippen molar-refractivity contribution in [3.8, 4) is 12.3 Å². The molecule has 0 saturated carbocycles. The first-order valence-corrected chi connectivity index (χ1v) is 6.77. The van der Waals surface area contributed by atoms with Gasteiger partial charge in [0.25, 0.3) is 5.91 Å². The average Bonchev–Trinajstić information content (AvgIpc) is 2.51. The van der Waals surface area contributed by atoms with Crippen molar-refractivity contribution in [2.45, 2.75) is 12.5 Å². The monoisotopic (exact) mass is 331 g/mol. The van der Waals surface area contributed by atoms with Gasteiger partial charge in [0, 0.05) is 0 Å². The topological polar surface area (TPSA) is 160 Å². The predicted molar refractivity (Wildman–Crippen MR) is 87.3 cm³/mol. The van der Waals surface area contributed by atoms with Gasteiger partial charge in [-0.15, -0.1) is 6.42 Å². The van der Waals surface area contributed by atoms with Gasteiger partial charge in [-0.1, -0.05) is 18.1 Å². The molecule has 0 saturated heterocycles. The Morgan fingerprint density at radius 2 is 1.96 bits per heavy atom. The quantitative estimate of drug-likeness (QED) is 0.242.